The lowest BCUT2D eigenvalue weighted by atomic mass is 10.1. The first-order valence-corrected chi connectivity index (χ1v) is 10.7. The number of methoxy groups -OCH3 is 3. The number of rotatable bonds is 7. The number of nitrogens with one attached hydrogen (secondary N) is 1. The fourth-order valence-electron chi connectivity index (χ4n) is 3.30. The first-order chi connectivity index (χ1) is 16.4. The lowest BCUT2D eigenvalue weighted by Gasteiger charge is -2.12. The second kappa shape index (κ2) is 10.0. The summed E-state index contributed by atoms with van der Waals surface area (Å²) in [6, 6.07) is 15.1. The van der Waals surface area contributed by atoms with Crippen LogP contribution in [0, 0.1) is 0 Å². The molecule has 0 saturated carbocycles. The van der Waals surface area contributed by atoms with E-state index in [2.05, 4.69) is 15.5 Å². The SMILES string of the molecule is COc1cc(-c2noc(-c3ccccc3NC(=O)c3ccc(Cl)cc3Cl)n2)cc(OC)c1OC. The Labute approximate surface area is 205 Å². The number of hydrogen-bond donors (Lipinski definition) is 1. The predicted molar refractivity (Wildman–Crippen MR) is 129 cm³/mol. The fraction of sp³-hybridized carbons (Fsp3) is 0.125. The van der Waals surface area contributed by atoms with Crippen LogP contribution in [0.1, 0.15) is 10.4 Å². The molecule has 3 aromatic carbocycles. The Hall–Kier alpha value is -3.75. The normalized spacial score (nSPS) is 10.6. The minimum absolute atomic E-state index is 0.210. The van der Waals surface area contributed by atoms with Crippen LogP contribution >= 0.6 is 23.2 Å². The van der Waals surface area contributed by atoms with E-state index in [0.29, 0.717) is 44.9 Å². The monoisotopic (exact) mass is 499 g/mol. The van der Waals surface area contributed by atoms with Crippen molar-refractivity contribution < 1.29 is 23.5 Å². The Morgan fingerprint density at radius 3 is 2.29 bits per heavy atom. The summed E-state index contributed by atoms with van der Waals surface area (Å²) in [5, 5.41) is 7.60. The third-order valence-corrected chi connectivity index (χ3v) is 5.48. The molecule has 0 atom stereocenters. The number of hydrogen-bond acceptors (Lipinski definition) is 7. The molecule has 1 heterocycles. The summed E-state index contributed by atoms with van der Waals surface area (Å²) in [5.41, 5.74) is 1.88. The zero-order valence-electron chi connectivity index (χ0n) is 18.4. The maximum atomic E-state index is 12.8. The Kier molecular flexibility index (Phi) is 6.90. The van der Waals surface area contributed by atoms with Gasteiger partial charge in [0.05, 0.1) is 43.2 Å². The van der Waals surface area contributed by atoms with Gasteiger partial charge in [0, 0.05) is 10.6 Å². The Morgan fingerprint density at radius 2 is 1.65 bits per heavy atom. The van der Waals surface area contributed by atoms with Crippen LogP contribution in [0.2, 0.25) is 10.0 Å². The van der Waals surface area contributed by atoms with Gasteiger partial charge in [0.2, 0.25) is 11.6 Å². The fourth-order valence-corrected chi connectivity index (χ4v) is 3.80. The molecule has 1 N–H and O–H groups in total. The van der Waals surface area contributed by atoms with Gasteiger partial charge in [-0.05, 0) is 42.5 Å². The molecule has 0 radical (unpaired) electrons. The van der Waals surface area contributed by atoms with E-state index in [1.165, 1.54) is 27.4 Å². The van der Waals surface area contributed by atoms with Crippen LogP contribution in [0.3, 0.4) is 0 Å². The minimum Gasteiger partial charge on any atom is -0.493 e. The van der Waals surface area contributed by atoms with Gasteiger partial charge >= 0.3 is 0 Å². The molecule has 0 fully saturated rings. The largest absolute Gasteiger partial charge is 0.493 e. The molecule has 4 aromatic rings. The van der Waals surface area contributed by atoms with Gasteiger partial charge in [-0.25, -0.2) is 0 Å². The van der Waals surface area contributed by atoms with Crippen molar-refractivity contribution in [3.05, 3.63) is 70.2 Å². The number of nitrogens with zero attached hydrogens (tertiary/aromatic N) is 2. The molecule has 0 saturated heterocycles. The van der Waals surface area contributed by atoms with Crippen LogP contribution in [-0.2, 0) is 0 Å². The minimum atomic E-state index is -0.404. The molecule has 1 aromatic heterocycles. The molecule has 0 spiro atoms. The maximum Gasteiger partial charge on any atom is 0.260 e. The van der Waals surface area contributed by atoms with E-state index in [9.17, 15) is 4.79 Å². The van der Waals surface area contributed by atoms with E-state index in [1.54, 1.807) is 48.5 Å². The highest BCUT2D eigenvalue weighted by molar-refractivity contribution is 6.37. The molecule has 0 bridgehead atoms. The van der Waals surface area contributed by atoms with Crippen molar-refractivity contribution in [1.82, 2.24) is 10.1 Å². The van der Waals surface area contributed by atoms with Gasteiger partial charge in [0.1, 0.15) is 0 Å². The van der Waals surface area contributed by atoms with E-state index in [4.69, 9.17) is 41.9 Å². The number of benzene rings is 3. The van der Waals surface area contributed by atoms with Gasteiger partial charge in [-0.1, -0.05) is 40.5 Å². The number of para-hydroxylation sites is 1. The number of carbonyl (C=O) groups excluding carboxylic acids is 1. The summed E-state index contributed by atoms with van der Waals surface area (Å²) < 4.78 is 21.7. The van der Waals surface area contributed by atoms with Gasteiger partial charge in [-0.2, -0.15) is 4.98 Å². The highest BCUT2D eigenvalue weighted by Gasteiger charge is 2.20. The summed E-state index contributed by atoms with van der Waals surface area (Å²) in [4.78, 5) is 17.3. The molecule has 4 rings (SSSR count). The van der Waals surface area contributed by atoms with Crippen molar-refractivity contribution >= 4 is 34.8 Å². The van der Waals surface area contributed by atoms with E-state index in [1.807, 2.05) is 0 Å². The topological polar surface area (TPSA) is 95.7 Å². The summed E-state index contributed by atoms with van der Waals surface area (Å²) in [6.45, 7) is 0. The summed E-state index contributed by atoms with van der Waals surface area (Å²) >= 11 is 12.1. The Bertz CT molecular complexity index is 1330. The van der Waals surface area contributed by atoms with Crippen LogP contribution in [0.4, 0.5) is 5.69 Å². The zero-order chi connectivity index (χ0) is 24.2. The van der Waals surface area contributed by atoms with Gasteiger partial charge in [0.15, 0.2) is 11.5 Å². The number of ether oxygens (including phenoxy) is 3. The molecule has 34 heavy (non-hydrogen) atoms. The van der Waals surface area contributed by atoms with Crippen molar-refractivity contribution in [2.45, 2.75) is 0 Å². The molecule has 0 aliphatic carbocycles. The predicted octanol–water partition coefficient (Wildman–Crippen LogP) is 5.99. The van der Waals surface area contributed by atoms with E-state index < -0.39 is 5.91 Å². The second-order valence-corrected chi connectivity index (χ2v) is 7.80. The average Bonchev–Trinajstić information content (AvgIpc) is 3.33. The van der Waals surface area contributed by atoms with Crippen molar-refractivity contribution in [1.29, 1.82) is 0 Å². The lowest BCUT2D eigenvalue weighted by Crippen LogP contribution is -2.13. The van der Waals surface area contributed by atoms with Crippen LogP contribution < -0.4 is 19.5 Å². The summed E-state index contributed by atoms with van der Waals surface area (Å²) in [6.07, 6.45) is 0. The molecule has 8 nitrogen and oxygen atoms in total. The van der Waals surface area contributed by atoms with Crippen LogP contribution in [0.5, 0.6) is 17.2 Å². The number of aromatic nitrogens is 2. The van der Waals surface area contributed by atoms with Crippen LogP contribution in [0.15, 0.2) is 59.1 Å². The maximum absolute atomic E-state index is 12.8. The first-order valence-electron chi connectivity index (χ1n) is 9.95. The Balaban J connectivity index is 1.67. The second-order valence-electron chi connectivity index (χ2n) is 6.96. The zero-order valence-corrected chi connectivity index (χ0v) is 19.9. The molecule has 0 aliphatic heterocycles. The molecule has 1 amide bonds. The van der Waals surface area contributed by atoms with E-state index in [-0.39, 0.29) is 16.5 Å². The lowest BCUT2D eigenvalue weighted by molar-refractivity contribution is 0.102. The summed E-state index contributed by atoms with van der Waals surface area (Å²) in [5.74, 6) is 1.47. The van der Waals surface area contributed by atoms with Crippen molar-refractivity contribution in [2.24, 2.45) is 0 Å². The number of amides is 1. The van der Waals surface area contributed by atoms with Gasteiger partial charge in [-0.3, -0.25) is 4.79 Å². The average molecular weight is 500 g/mol. The van der Waals surface area contributed by atoms with Crippen molar-refractivity contribution in [2.75, 3.05) is 26.6 Å². The van der Waals surface area contributed by atoms with Crippen LogP contribution in [0.25, 0.3) is 22.8 Å². The van der Waals surface area contributed by atoms with Crippen LogP contribution in [-0.4, -0.2) is 37.4 Å². The third kappa shape index (κ3) is 4.64. The van der Waals surface area contributed by atoms with E-state index in [0.717, 1.165) is 0 Å². The van der Waals surface area contributed by atoms with Gasteiger partial charge < -0.3 is 24.1 Å². The quantitative estimate of drug-likeness (QED) is 0.333. The third-order valence-electron chi connectivity index (χ3n) is 4.93. The molecule has 0 unspecified atom stereocenters. The molecule has 174 valence electrons. The highest BCUT2D eigenvalue weighted by Crippen LogP contribution is 2.41. The summed E-state index contributed by atoms with van der Waals surface area (Å²) in [7, 11) is 4.57. The van der Waals surface area contributed by atoms with Crippen molar-refractivity contribution in [3.63, 3.8) is 0 Å². The van der Waals surface area contributed by atoms with E-state index >= 15 is 0 Å². The number of anilines is 1. The number of halogens is 2. The van der Waals surface area contributed by atoms with Gasteiger partial charge in [-0.15, -0.1) is 0 Å². The molecular formula is C24H19Cl2N3O5. The molecular weight excluding hydrogens is 481 g/mol. The van der Waals surface area contributed by atoms with Gasteiger partial charge in [0.25, 0.3) is 11.8 Å². The smallest absolute Gasteiger partial charge is 0.260 e. The Morgan fingerprint density at radius 1 is 0.941 bits per heavy atom. The molecule has 10 heteroatoms. The molecule has 0 aliphatic rings. The first kappa shape index (κ1) is 23.4. The highest BCUT2D eigenvalue weighted by atomic mass is 35.5. The number of carbonyl (C=O) groups is 1. The standard InChI is InChI=1S/C24H19Cl2N3O5/c1-31-19-10-13(11-20(32-2)21(19)33-3)22-28-24(34-29-22)16-6-4-5-7-18(16)27-23(30)15-9-8-14(25)12-17(15)26/h4-12H,1-3H3,(H,27,30). The van der Waals surface area contributed by atoms with Crippen molar-refractivity contribution in [3.8, 4) is 40.1 Å².